The highest BCUT2D eigenvalue weighted by Crippen LogP contribution is 2.29. The van der Waals surface area contributed by atoms with Gasteiger partial charge >= 0.3 is 5.97 Å². The van der Waals surface area contributed by atoms with E-state index >= 15 is 0 Å². The molecule has 0 spiro atoms. The Balaban J connectivity index is 1.68. The summed E-state index contributed by atoms with van der Waals surface area (Å²) in [6, 6.07) is 22.9. The number of amides is 3. The van der Waals surface area contributed by atoms with Crippen LogP contribution in [0.25, 0.3) is 0 Å². The normalized spacial score (nSPS) is 15.7. The minimum absolute atomic E-state index is 0.179. The smallest absolute Gasteiger partial charge is 0.337 e. The first kappa shape index (κ1) is 34.4. The van der Waals surface area contributed by atoms with Crippen LogP contribution in [0.4, 0.5) is 0 Å². The number of hydrogen-bond acceptors (Lipinski definition) is 6. The van der Waals surface area contributed by atoms with Gasteiger partial charge in [-0.1, -0.05) is 75.4 Å². The van der Waals surface area contributed by atoms with Gasteiger partial charge in [-0.25, -0.2) is 4.79 Å². The number of esters is 1. The SMILES string of the molecule is CN[C@@H](C)C(=O)N[C@H](C(=O)N1Cc2ccccc2C[C@H]1CN(CCc1ccccc1)C(=O)c1ccc(C(=O)OC)cc1)C(C)(C)C. The Hall–Kier alpha value is -4.50. The van der Waals surface area contributed by atoms with Crippen LogP contribution < -0.4 is 10.6 Å². The lowest BCUT2D eigenvalue weighted by Crippen LogP contribution is -2.61. The predicted molar refractivity (Wildman–Crippen MR) is 178 cm³/mol. The van der Waals surface area contributed by atoms with Crippen molar-refractivity contribution < 1.29 is 23.9 Å². The third-order valence-electron chi connectivity index (χ3n) is 8.65. The number of nitrogens with zero attached hydrogens (tertiary/aromatic N) is 2. The van der Waals surface area contributed by atoms with Gasteiger partial charge in [0.2, 0.25) is 11.8 Å². The molecule has 0 fully saturated rings. The fourth-order valence-electron chi connectivity index (χ4n) is 5.71. The third-order valence-corrected chi connectivity index (χ3v) is 8.65. The molecule has 0 saturated carbocycles. The largest absolute Gasteiger partial charge is 0.465 e. The van der Waals surface area contributed by atoms with Gasteiger partial charge in [0.05, 0.1) is 24.8 Å². The lowest BCUT2D eigenvalue weighted by atomic mass is 9.84. The summed E-state index contributed by atoms with van der Waals surface area (Å²) in [7, 11) is 3.03. The Labute approximate surface area is 272 Å². The molecule has 0 aromatic heterocycles. The van der Waals surface area contributed by atoms with E-state index in [2.05, 4.69) is 16.7 Å². The first-order valence-electron chi connectivity index (χ1n) is 15.8. The molecule has 3 atom stereocenters. The zero-order valence-corrected chi connectivity index (χ0v) is 27.7. The quantitative estimate of drug-likeness (QED) is 0.308. The number of carbonyl (C=O) groups is 4. The zero-order chi connectivity index (χ0) is 33.4. The summed E-state index contributed by atoms with van der Waals surface area (Å²) in [6.45, 7) is 8.69. The molecule has 4 rings (SSSR count). The highest BCUT2D eigenvalue weighted by molar-refractivity contribution is 5.96. The van der Waals surface area contributed by atoms with Crippen LogP contribution in [-0.2, 0) is 33.7 Å². The topological polar surface area (TPSA) is 108 Å². The number of fused-ring (bicyclic) bond motifs is 1. The van der Waals surface area contributed by atoms with E-state index in [1.165, 1.54) is 7.11 Å². The number of rotatable bonds is 11. The van der Waals surface area contributed by atoms with Gasteiger partial charge in [-0.3, -0.25) is 14.4 Å². The monoisotopic (exact) mass is 626 g/mol. The van der Waals surface area contributed by atoms with E-state index in [1.807, 2.05) is 74.2 Å². The van der Waals surface area contributed by atoms with Gasteiger partial charge in [-0.05, 0) is 73.2 Å². The molecule has 2 N–H and O–H groups in total. The average molecular weight is 627 g/mol. The second-order valence-electron chi connectivity index (χ2n) is 13.0. The summed E-state index contributed by atoms with van der Waals surface area (Å²) in [4.78, 5) is 57.2. The van der Waals surface area contributed by atoms with Crippen molar-refractivity contribution in [1.29, 1.82) is 0 Å². The van der Waals surface area contributed by atoms with Crippen molar-refractivity contribution >= 4 is 23.7 Å². The summed E-state index contributed by atoms with van der Waals surface area (Å²) in [5, 5.41) is 5.96. The Morgan fingerprint density at radius 1 is 0.913 bits per heavy atom. The molecule has 46 heavy (non-hydrogen) atoms. The van der Waals surface area contributed by atoms with Crippen molar-refractivity contribution in [2.45, 2.75) is 65.2 Å². The fraction of sp³-hybridized carbons (Fsp3) is 0.405. The van der Waals surface area contributed by atoms with Crippen LogP contribution in [0.5, 0.6) is 0 Å². The van der Waals surface area contributed by atoms with E-state index in [-0.39, 0.29) is 23.8 Å². The highest BCUT2D eigenvalue weighted by Gasteiger charge is 2.41. The molecule has 0 aliphatic carbocycles. The van der Waals surface area contributed by atoms with Crippen LogP contribution >= 0.6 is 0 Å². The van der Waals surface area contributed by atoms with E-state index in [0.29, 0.717) is 43.6 Å². The highest BCUT2D eigenvalue weighted by atomic mass is 16.5. The first-order valence-corrected chi connectivity index (χ1v) is 15.8. The molecule has 9 nitrogen and oxygen atoms in total. The molecule has 3 aromatic rings. The lowest BCUT2D eigenvalue weighted by molar-refractivity contribution is -0.143. The molecule has 0 bridgehead atoms. The summed E-state index contributed by atoms with van der Waals surface area (Å²) in [5.41, 5.74) is 3.52. The molecule has 1 aliphatic heterocycles. The summed E-state index contributed by atoms with van der Waals surface area (Å²) in [5.74, 6) is -1.09. The van der Waals surface area contributed by atoms with Crippen molar-refractivity contribution in [1.82, 2.24) is 20.4 Å². The lowest BCUT2D eigenvalue weighted by Gasteiger charge is -2.43. The molecular formula is C37H46N4O5. The van der Waals surface area contributed by atoms with Crippen LogP contribution in [0, 0.1) is 5.41 Å². The maximum atomic E-state index is 14.5. The Kier molecular flexibility index (Phi) is 11.4. The molecule has 9 heteroatoms. The second kappa shape index (κ2) is 15.2. The average Bonchev–Trinajstić information content (AvgIpc) is 3.07. The summed E-state index contributed by atoms with van der Waals surface area (Å²) in [6.07, 6.45) is 1.20. The first-order chi connectivity index (χ1) is 21.9. The fourth-order valence-corrected chi connectivity index (χ4v) is 5.71. The van der Waals surface area contributed by atoms with Crippen LogP contribution in [0.1, 0.15) is 65.1 Å². The van der Waals surface area contributed by atoms with Gasteiger partial charge < -0.3 is 25.2 Å². The third kappa shape index (κ3) is 8.40. The van der Waals surface area contributed by atoms with E-state index in [1.54, 1.807) is 43.1 Å². The molecule has 0 unspecified atom stereocenters. The maximum absolute atomic E-state index is 14.5. The van der Waals surface area contributed by atoms with Gasteiger partial charge in [-0.15, -0.1) is 0 Å². The Bertz CT molecular complexity index is 1520. The van der Waals surface area contributed by atoms with Gasteiger partial charge in [0.15, 0.2) is 0 Å². The molecule has 1 aliphatic rings. The number of benzene rings is 3. The number of likely N-dealkylation sites (N-methyl/N-ethyl adjacent to an activating group) is 1. The minimum atomic E-state index is -0.775. The summed E-state index contributed by atoms with van der Waals surface area (Å²) < 4.78 is 4.82. The van der Waals surface area contributed by atoms with Gasteiger partial charge in [0.25, 0.3) is 5.91 Å². The van der Waals surface area contributed by atoms with Crippen LogP contribution in [0.3, 0.4) is 0 Å². The van der Waals surface area contributed by atoms with Crippen molar-refractivity contribution in [2.24, 2.45) is 5.41 Å². The zero-order valence-electron chi connectivity index (χ0n) is 27.7. The van der Waals surface area contributed by atoms with Gasteiger partial charge in [0, 0.05) is 25.2 Å². The molecule has 0 radical (unpaired) electrons. The van der Waals surface area contributed by atoms with Crippen molar-refractivity contribution in [3.05, 3.63) is 107 Å². The van der Waals surface area contributed by atoms with Gasteiger partial charge in [0.1, 0.15) is 6.04 Å². The Morgan fingerprint density at radius 2 is 1.52 bits per heavy atom. The maximum Gasteiger partial charge on any atom is 0.337 e. The van der Waals surface area contributed by atoms with E-state index < -0.39 is 23.5 Å². The number of nitrogens with one attached hydrogen (secondary N) is 2. The molecular weight excluding hydrogens is 580 g/mol. The number of carbonyl (C=O) groups excluding carboxylic acids is 4. The van der Waals surface area contributed by atoms with E-state index in [9.17, 15) is 19.2 Å². The van der Waals surface area contributed by atoms with Crippen LogP contribution in [0.2, 0.25) is 0 Å². The van der Waals surface area contributed by atoms with E-state index in [4.69, 9.17) is 4.74 Å². The molecule has 1 heterocycles. The van der Waals surface area contributed by atoms with Crippen LogP contribution in [0.15, 0.2) is 78.9 Å². The Morgan fingerprint density at radius 3 is 2.13 bits per heavy atom. The molecule has 0 saturated heterocycles. The van der Waals surface area contributed by atoms with Crippen molar-refractivity contribution in [3.8, 4) is 0 Å². The molecule has 3 amide bonds. The minimum Gasteiger partial charge on any atom is -0.465 e. The second-order valence-corrected chi connectivity index (χ2v) is 13.0. The number of hydrogen-bond donors (Lipinski definition) is 2. The van der Waals surface area contributed by atoms with Crippen LogP contribution in [-0.4, -0.2) is 78.9 Å². The van der Waals surface area contributed by atoms with Gasteiger partial charge in [-0.2, -0.15) is 0 Å². The van der Waals surface area contributed by atoms with Crippen molar-refractivity contribution in [2.75, 3.05) is 27.2 Å². The molecule has 3 aromatic carbocycles. The number of methoxy groups -OCH3 is 1. The predicted octanol–water partition coefficient (Wildman–Crippen LogP) is 4.25. The summed E-state index contributed by atoms with van der Waals surface area (Å²) >= 11 is 0. The number of ether oxygens (including phenoxy) is 1. The van der Waals surface area contributed by atoms with Crippen molar-refractivity contribution in [3.63, 3.8) is 0 Å². The standard InChI is InChI=1S/C37H46N4O5/c1-25(38-5)33(42)39-32(37(2,3)4)35(44)41-23-30-15-11-10-14-29(30)22-31(41)24-40(21-20-26-12-8-7-9-13-26)34(43)27-16-18-28(19-17-27)36(45)46-6/h7-19,25,31-32,38H,20-24H2,1-6H3,(H,39,42)/t25-,31-,32+/m0/s1. The molecule has 244 valence electrons. The van der Waals surface area contributed by atoms with E-state index in [0.717, 1.165) is 16.7 Å².